The number of nitrogens with zero attached hydrogens (tertiary/aromatic N) is 3. The summed E-state index contributed by atoms with van der Waals surface area (Å²) in [6, 6.07) is 4.47. The molecule has 1 aliphatic heterocycles. The number of hydrogen-bond donors (Lipinski definition) is 1. The molecular weight excluding hydrogens is 404 g/mol. The molecule has 0 bridgehead atoms. The Hall–Kier alpha value is -2.06. The van der Waals surface area contributed by atoms with Crippen molar-refractivity contribution in [1.29, 1.82) is 0 Å². The quantitative estimate of drug-likeness (QED) is 0.746. The van der Waals surface area contributed by atoms with Gasteiger partial charge in [-0.05, 0) is 37.5 Å². The van der Waals surface area contributed by atoms with Crippen molar-refractivity contribution >= 4 is 40.7 Å². The lowest BCUT2D eigenvalue weighted by molar-refractivity contribution is -0.141. The summed E-state index contributed by atoms with van der Waals surface area (Å²) in [7, 11) is 0. The molecule has 1 aromatic carbocycles. The molecule has 5 nitrogen and oxygen atoms in total. The summed E-state index contributed by atoms with van der Waals surface area (Å²) < 4.78 is 40.5. The number of amides is 1. The van der Waals surface area contributed by atoms with Crippen LogP contribution in [0.25, 0.3) is 0 Å². The van der Waals surface area contributed by atoms with Gasteiger partial charge in [0, 0.05) is 24.3 Å². The van der Waals surface area contributed by atoms with Crippen LogP contribution in [-0.4, -0.2) is 33.9 Å². The first kappa shape index (κ1) is 19.7. The number of aromatic nitrogens is 2. The molecule has 2 heterocycles. The Morgan fingerprint density at radius 1 is 1.15 bits per heavy atom. The van der Waals surface area contributed by atoms with Crippen LogP contribution in [0.3, 0.4) is 0 Å². The smallest absolute Gasteiger partial charge is 0.339 e. The number of carbonyl (C=O) groups is 1. The maximum Gasteiger partial charge on any atom is 0.434 e. The highest BCUT2D eigenvalue weighted by molar-refractivity contribution is 6.35. The zero-order chi connectivity index (χ0) is 19.6. The van der Waals surface area contributed by atoms with Gasteiger partial charge < -0.3 is 10.2 Å². The molecule has 0 unspecified atom stereocenters. The molecule has 0 spiro atoms. The Labute approximate surface area is 163 Å². The first-order valence-electron chi connectivity index (χ1n) is 8.21. The number of carbonyl (C=O) groups excluding carboxylic acids is 1. The van der Waals surface area contributed by atoms with E-state index in [4.69, 9.17) is 23.2 Å². The molecule has 1 aliphatic rings. The van der Waals surface area contributed by atoms with E-state index < -0.39 is 23.3 Å². The molecule has 0 radical (unpaired) electrons. The largest absolute Gasteiger partial charge is 0.434 e. The van der Waals surface area contributed by atoms with Crippen LogP contribution in [-0.2, 0) is 6.18 Å². The molecule has 1 amide bonds. The average Bonchev–Trinajstić information content (AvgIpc) is 2.64. The second-order valence-electron chi connectivity index (χ2n) is 6.06. The number of benzene rings is 1. The summed E-state index contributed by atoms with van der Waals surface area (Å²) in [5.74, 6) is -1.05. The van der Waals surface area contributed by atoms with Gasteiger partial charge in [-0.25, -0.2) is 9.97 Å². The van der Waals surface area contributed by atoms with Crippen molar-refractivity contribution in [3.05, 3.63) is 45.7 Å². The highest BCUT2D eigenvalue weighted by Crippen LogP contribution is 2.33. The fourth-order valence-corrected chi connectivity index (χ4v) is 3.13. The van der Waals surface area contributed by atoms with Crippen molar-refractivity contribution < 1.29 is 18.0 Å². The third kappa shape index (κ3) is 4.62. The van der Waals surface area contributed by atoms with Crippen molar-refractivity contribution in [2.24, 2.45) is 0 Å². The maximum atomic E-state index is 13.5. The third-order valence-corrected chi connectivity index (χ3v) is 4.67. The molecule has 3 rings (SSSR count). The first-order valence-corrected chi connectivity index (χ1v) is 8.97. The molecule has 0 aliphatic carbocycles. The standard InChI is InChI=1S/C17H15Cl2F3N4O/c18-10-4-5-12(19)13(8-10)24-16-23-9-11(14(25-16)17(20,21)22)15(27)26-6-2-1-3-7-26/h4-5,8-9H,1-3,6-7H2,(H,23,24,25). The molecule has 1 fully saturated rings. The number of alkyl halides is 3. The third-order valence-electron chi connectivity index (χ3n) is 4.11. The zero-order valence-electron chi connectivity index (χ0n) is 14.0. The molecule has 0 saturated carbocycles. The maximum absolute atomic E-state index is 13.5. The van der Waals surface area contributed by atoms with Crippen molar-refractivity contribution in [3.63, 3.8) is 0 Å². The van der Waals surface area contributed by atoms with E-state index in [1.54, 1.807) is 0 Å². The molecule has 1 saturated heterocycles. The summed E-state index contributed by atoms with van der Waals surface area (Å²) in [5.41, 5.74) is -1.59. The second-order valence-corrected chi connectivity index (χ2v) is 6.90. The average molecular weight is 419 g/mol. The molecule has 1 aromatic heterocycles. The van der Waals surface area contributed by atoms with Crippen LogP contribution < -0.4 is 5.32 Å². The van der Waals surface area contributed by atoms with Crippen molar-refractivity contribution in [2.45, 2.75) is 25.4 Å². The fourth-order valence-electron chi connectivity index (χ4n) is 2.80. The van der Waals surface area contributed by atoms with Gasteiger partial charge in [0.05, 0.1) is 16.3 Å². The van der Waals surface area contributed by atoms with Gasteiger partial charge in [0.25, 0.3) is 5.91 Å². The molecule has 2 aromatic rings. The second kappa shape index (κ2) is 7.90. The molecule has 1 N–H and O–H groups in total. The van der Waals surface area contributed by atoms with Gasteiger partial charge in [-0.2, -0.15) is 13.2 Å². The number of anilines is 2. The SMILES string of the molecule is O=C(c1cnc(Nc2cc(Cl)ccc2Cl)nc1C(F)(F)F)N1CCCCC1. The summed E-state index contributed by atoms with van der Waals surface area (Å²) in [6.45, 7) is 0.850. The Balaban J connectivity index is 1.94. The summed E-state index contributed by atoms with van der Waals surface area (Å²) in [4.78, 5) is 21.3. The van der Waals surface area contributed by atoms with E-state index in [0.717, 1.165) is 25.5 Å². The number of halogens is 5. The minimum absolute atomic E-state index is 0.241. The Bertz CT molecular complexity index is 855. The van der Waals surface area contributed by atoms with E-state index in [9.17, 15) is 18.0 Å². The predicted octanol–water partition coefficient (Wildman–Crippen LogP) is 5.17. The van der Waals surface area contributed by atoms with Gasteiger partial charge in [-0.1, -0.05) is 23.2 Å². The van der Waals surface area contributed by atoms with Crippen LogP contribution in [0.5, 0.6) is 0 Å². The number of likely N-dealkylation sites (tertiary alicyclic amines) is 1. The minimum atomic E-state index is -4.81. The van der Waals surface area contributed by atoms with Crippen molar-refractivity contribution in [1.82, 2.24) is 14.9 Å². The highest BCUT2D eigenvalue weighted by Gasteiger charge is 2.39. The molecular formula is C17H15Cl2F3N4O. The van der Waals surface area contributed by atoms with Crippen LogP contribution in [0.2, 0.25) is 10.0 Å². The molecule has 0 atom stereocenters. The molecule has 144 valence electrons. The number of piperidine rings is 1. The van der Waals surface area contributed by atoms with E-state index in [-0.39, 0.29) is 16.7 Å². The van der Waals surface area contributed by atoms with Crippen LogP contribution in [0, 0.1) is 0 Å². The van der Waals surface area contributed by atoms with E-state index >= 15 is 0 Å². The van der Waals surface area contributed by atoms with Gasteiger partial charge in [-0.3, -0.25) is 4.79 Å². The highest BCUT2D eigenvalue weighted by atomic mass is 35.5. The van der Waals surface area contributed by atoms with Crippen LogP contribution >= 0.6 is 23.2 Å². The Kier molecular flexibility index (Phi) is 5.76. The lowest BCUT2D eigenvalue weighted by atomic mass is 10.1. The van der Waals surface area contributed by atoms with E-state index in [1.807, 2.05) is 0 Å². The number of hydrogen-bond acceptors (Lipinski definition) is 4. The van der Waals surface area contributed by atoms with Gasteiger partial charge >= 0.3 is 6.18 Å². The summed E-state index contributed by atoms with van der Waals surface area (Å²) in [6.07, 6.45) is -1.43. The van der Waals surface area contributed by atoms with Crippen LogP contribution in [0.15, 0.2) is 24.4 Å². The van der Waals surface area contributed by atoms with Crippen molar-refractivity contribution in [2.75, 3.05) is 18.4 Å². The summed E-state index contributed by atoms with van der Waals surface area (Å²) >= 11 is 11.9. The predicted molar refractivity (Wildman–Crippen MR) is 96.5 cm³/mol. The molecule has 10 heteroatoms. The summed E-state index contributed by atoms with van der Waals surface area (Å²) in [5, 5.41) is 3.19. The number of rotatable bonds is 3. The van der Waals surface area contributed by atoms with E-state index in [1.165, 1.54) is 23.1 Å². The monoisotopic (exact) mass is 418 g/mol. The Morgan fingerprint density at radius 2 is 1.85 bits per heavy atom. The topological polar surface area (TPSA) is 58.1 Å². The number of nitrogens with one attached hydrogen (secondary N) is 1. The lowest BCUT2D eigenvalue weighted by Gasteiger charge is -2.27. The zero-order valence-corrected chi connectivity index (χ0v) is 15.5. The van der Waals surface area contributed by atoms with Crippen molar-refractivity contribution in [3.8, 4) is 0 Å². The fraction of sp³-hybridized carbons (Fsp3) is 0.353. The molecule has 27 heavy (non-hydrogen) atoms. The van der Waals surface area contributed by atoms with Gasteiger partial charge in [0.15, 0.2) is 5.69 Å². The van der Waals surface area contributed by atoms with E-state index in [0.29, 0.717) is 18.1 Å². The van der Waals surface area contributed by atoms with Gasteiger partial charge in [0.1, 0.15) is 0 Å². The normalized spacial score (nSPS) is 14.9. The van der Waals surface area contributed by atoms with E-state index in [2.05, 4.69) is 15.3 Å². The first-order chi connectivity index (χ1) is 12.8. The van der Waals surface area contributed by atoms with Gasteiger partial charge in [-0.15, -0.1) is 0 Å². The Morgan fingerprint density at radius 3 is 2.52 bits per heavy atom. The lowest BCUT2D eigenvalue weighted by Crippen LogP contribution is -2.37. The van der Waals surface area contributed by atoms with Crippen LogP contribution in [0.1, 0.15) is 35.3 Å². The van der Waals surface area contributed by atoms with Crippen LogP contribution in [0.4, 0.5) is 24.8 Å². The minimum Gasteiger partial charge on any atom is -0.339 e. The van der Waals surface area contributed by atoms with Gasteiger partial charge in [0.2, 0.25) is 5.95 Å².